The van der Waals surface area contributed by atoms with Crippen LogP contribution in [0.25, 0.3) is 0 Å². The second kappa shape index (κ2) is 5.19. The molecule has 0 spiro atoms. The van der Waals surface area contributed by atoms with Gasteiger partial charge in [-0.1, -0.05) is 0 Å². The molecule has 1 amide bonds. The Morgan fingerprint density at radius 2 is 1.89 bits per heavy atom. The van der Waals surface area contributed by atoms with Crippen LogP contribution in [0.3, 0.4) is 0 Å². The molecule has 0 aliphatic rings. The van der Waals surface area contributed by atoms with E-state index < -0.39 is 11.7 Å². The Labute approximate surface area is 109 Å². The fraction of sp³-hybridized carbons (Fsp3) is 0. The maximum absolute atomic E-state index is 13.1. The van der Waals surface area contributed by atoms with Crippen molar-refractivity contribution < 1.29 is 9.18 Å². The third kappa shape index (κ3) is 3.07. The molecule has 0 aromatic heterocycles. The van der Waals surface area contributed by atoms with E-state index in [2.05, 4.69) is 5.32 Å². The quantitative estimate of drug-likeness (QED) is 0.809. The van der Waals surface area contributed by atoms with E-state index in [-0.39, 0.29) is 11.4 Å². The molecule has 2 rings (SSSR count). The Kier molecular flexibility index (Phi) is 3.44. The molecule has 0 aliphatic carbocycles. The standard InChI is InChI=1S/C14H10FN3O/c15-11-5-12(17)7-13(6-11)18-14(19)10-3-1-9(8-16)2-4-10/h1-7H,17H2,(H,18,19). The van der Waals surface area contributed by atoms with Gasteiger partial charge in [0.1, 0.15) is 5.82 Å². The number of anilines is 2. The lowest BCUT2D eigenvalue weighted by molar-refractivity contribution is 0.102. The molecule has 5 heteroatoms. The molecule has 3 N–H and O–H groups in total. The lowest BCUT2D eigenvalue weighted by Gasteiger charge is -2.06. The van der Waals surface area contributed by atoms with Crippen molar-refractivity contribution in [3.05, 3.63) is 59.4 Å². The first kappa shape index (κ1) is 12.6. The van der Waals surface area contributed by atoms with Gasteiger partial charge in [-0.05, 0) is 42.5 Å². The number of benzene rings is 2. The maximum Gasteiger partial charge on any atom is 0.255 e. The average molecular weight is 255 g/mol. The van der Waals surface area contributed by atoms with E-state index in [4.69, 9.17) is 11.0 Å². The summed E-state index contributed by atoms with van der Waals surface area (Å²) < 4.78 is 13.1. The molecule has 19 heavy (non-hydrogen) atoms. The molecular formula is C14H10FN3O. The molecular weight excluding hydrogens is 245 g/mol. The minimum Gasteiger partial charge on any atom is -0.399 e. The number of nitrogen functional groups attached to an aromatic ring is 1. The van der Waals surface area contributed by atoms with Gasteiger partial charge in [0, 0.05) is 16.9 Å². The summed E-state index contributed by atoms with van der Waals surface area (Å²) >= 11 is 0. The molecule has 0 saturated heterocycles. The summed E-state index contributed by atoms with van der Waals surface area (Å²) in [6, 6.07) is 11.9. The highest BCUT2D eigenvalue weighted by molar-refractivity contribution is 6.04. The molecule has 0 fully saturated rings. The molecule has 2 aromatic carbocycles. The van der Waals surface area contributed by atoms with Gasteiger partial charge in [-0.25, -0.2) is 4.39 Å². The average Bonchev–Trinajstić information content (AvgIpc) is 2.37. The van der Waals surface area contributed by atoms with Gasteiger partial charge in [-0.15, -0.1) is 0 Å². The number of hydrogen-bond donors (Lipinski definition) is 2. The minimum absolute atomic E-state index is 0.232. The van der Waals surface area contributed by atoms with Gasteiger partial charge in [-0.3, -0.25) is 4.79 Å². The van der Waals surface area contributed by atoms with E-state index in [0.29, 0.717) is 11.1 Å². The van der Waals surface area contributed by atoms with Crippen LogP contribution in [0.2, 0.25) is 0 Å². The number of halogens is 1. The highest BCUT2D eigenvalue weighted by atomic mass is 19.1. The summed E-state index contributed by atoms with van der Waals surface area (Å²) in [6.45, 7) is 0. The molecule has 94 valence electrons. The third-order valence-corrected chi connectivity index (χ3v) is 2.45. The number of amides is 1. The molecule has 0 radical (unpaired) electrons. The smallest absolute Gasteiger partial charge is 0.255 e. The fourth-order valence-electron chi connectivity index (χ4n) is 1.58. The molecule has 0 saturated carbocycles. The zero-order valence-electron chi connectivity index (χ0n) is 9.85. The maximum atomic E-state index is 13.1. The Morgan fingerprint density at radius 3 is 2.47 bits per heavy atom. The van der Waals surface area contributed by atoms with Crippen molar-refractivity contribution in [1.82, 2.24) is 0 Å². The summed E-state index contributed by atoms with van der Waals surface area (Å²) in [6.07, 6.45) is 0. The zero-order valence-corrected chi connectivity index (χ0v) is 9.85. The van der Waals surface area contributed by atoms with E-state index >= 15 is 0 Å². The number of nitrogens with one attached hydrogen (secondary N) is 1. The summed E-state index contributed by atoms with van der Waals surface area (Å²) in [7, 11) is 0. The molecule has 0 heterocycles. The molecule has 0 aliphatic heterocycles. The van der Waals surface area contributed by atoms with Crippen LogP contribution in [0.15, 0.2) is 42.5 Å². The first-order valence-corrected chi connectivity index (χ1v) is 5.46. The van der Waals surface area contributed by atoms with Crippen molar-refractivity contribution in [2.24, 2.45) is 0 Å². The summed E-state index contributed by atoms with van der Waals surface area (Å²) in [5, 5.41) is 11.2. The monoisotopic (exact) mass is 255 g/mol. The Bertz CT molecular complexity index is 639. The topological polar surface area (TPSA) is 78.9 Å². The van der Waals surface area contributed by atoms with Crippen LogP contribution in [0, 0.1) is 17.1 Å². The van der Waals surface area contributed by atoms with E-state index in [9.17, 15) is 9.18 Å². The van der Waals surface area contributed by atoms with Crippen molar-refractivity contribution in [2.75, 3.05) is 11.1 Å². The van der Waals surface area contributed by atoms with Gasteiger partial charge < -0.3 is 11.1 Å². The predicted octanol–water partition coefficient (Wildman–Crippen LogP) is 2.53. The van der Waals surface area contributed by atoms with Crippen LogP contribution in [0.4, 0.5) is 15.8 Å². The Morgan fingerprint density at radius 1 is 1.21 bits per heavy atom. The minimum atomic E-state index is -0.518. The lowest BCUT2D eigenvalue weighted by atomic mass is 10.1. The third-order valence-electron chi connectivity index (χ3n) is 2.45. The number of carbonyl (C=O) groups excluding carboxylic acids is 1. The van der Waals surface area contributed by atoms with E-state index in [0.717, 1.165) is 6.07 Å². The molecule has 0 atom stereocenters. The number of nitrogens with two attached hydrogens (primary N) is 1. The van der Waals surface area contributed by atoms with Gasteiger partial charge in [-0.2, -0.15) is 5.26 Å². The van der Waals surface area contributed by atoms with Crippen molar-refractivity contribution in [3.8, 4) is 6.07 Å². The number of nitrogens with zero attached hydrogens (tertiary/aromatic N) is 1. The van der Waals surface area contributed by atoms with Crippen LogP contribution in [0.5, 0.6) is 0 Å². The fourth-order valence-corrected chi connectivity index (χ4v) is 1.58. The van der Waals surface area contributed by atoms with E-state index in [1.807, 2.05) is 6.07 Å². The zero-order chi connectivity index (χ0) is 13.8. The van der Waals surface area contributed by atoms with Crippen molar-refractivity contribution in [1.29, 1.82) is 5.26 Å². The van der Waals surface area contributed by atoms with Gasteiger partial charge in [0.25, 0.3) is 5.91 Å². The molecule has 4 nitrogen and oxygen atoms in total. The number of hydrogen-bond acceptors (Lipinski definition) is 3. The van der Waals surface area contributed by atoms with Crippen LogP contribution in [0.1, 0.15) is 15.9 Å². The second-order valence-corrected chi connectivity index (χ2v) is 3.92. The van der Waals surface area contributed by atoms with Crippen LogP contribution >= 0.6 is 0 Å². The van der Waals surface area contributed by atoms with Crippen molar-refractivity contribution >= 4 is 17.3 Å². The molecule has 0 unspecified atom stereocenters. The molecule has 2 aromatic rings. The number of nitriles is 1. The number of rotatable bonds is 2. The van der Waals surface area contributed by atoms with E-state index in [1.165, 1.54) is 36.4 Å². The highest BCUT2D eigenvalue weighted by Crippen LogP contribution is 2.16. The van der Waals surface area contributed by atoms with Gasteiger partial charge in [0.05, 0.1) is 11.6 Å². The summed E-state index contributed by atoms with van der Waals surface area (Å²) in [5.74, 6) is -0.912. The van der Waals surface area contributed by atoms with Gasteiger partial charge in [0.2, 0.25) is 0 Å². The van der Waals surface area contributed by atoms with Crippen molar-refractivity contribution in [3.63, 3.8) is 0 Å². The normalized spacial score (nSPS) is 9.68. The van der Waals surface area contributed by atoms with Crippen LogP contribution < -0.4 is 11.1 Å². The lowest BCUT2D eigenvalue weighted by Crippen LogP contribution is -2.12. The van der Waals surface area contributed by atoms with Crippen LogP contribution in [-0.2, 0) is 0 Å². The number of carbonyl (C=O) groups is 1. The predicted molar refractivity (Wildman–Crippen MR) is 69.9 cm³/mol. The SMILES string of the molecule is N#Cc1ccc(C(=O)Nc2cc(N)cc(F)c2)cc1. The Balaban J connectivity index is 2.18. The van der Waals surface area contributed by atoms with Crippen LogP contribution in [-0.4, -0.2) is 5.91 Å². The Hall–Kier alpha value is -2.87. The van der Waals surface area contributed by atoms with Gasteiger partial charge >= 0.3 is 0 Å². The first-order valence-electron chi connectivity index (χ1n) is 5.46. The summed E-state index contributed by atoms with van der Waals surface area (Å²) in [4.78, 5) is 11.9. The largest absolute Gasteiger partial charge is 0.399 e. The first-order chi connectivity index (χ1) is 9.08. The molecule has 0 bridgehead atoms. The second-order valence-electron chi connectivity index (χ2n) is 3.92. The van der Waals surface area contributed by atoms with E-state index in [1.54, 1.807) is 0 Å². The highest BCUT2D eigenvalue weighted by Gasteiger charge is 2.07. The van der Waals surface area contributed by atoms with Gasteiger partial charge in [0.15, 0.2) is 0 Å². The summed E-state index contributed by atoms with van der Waals surface area (Å²) in [5.41, 5.74) is 6.84. The van der Waals surface area contributed by atoms with Crippen molar-refractivity contribution in [2.45, 2.75) is 0 Å².